The van der Waals surface area contributed by atoms with E-state index in [1.54, 1.807) is 32.5 Å². The molecule has 0 unspecified atom stereocenters. The molecule has 1 heterocycles. The molecule has 0 aliphatic carbocycles. The Morgan fingerprint density at radius 2 is 2.05 bits per heavy atom. The second-order valence-corrected chi connectivity index (χ2v) is 4.54. The van der Waals surface area contributed by atoms with Crippen molar-refractivity contribution < 1.29 is 14.3 Å². The number of carbonyl (C=O) groups excluding carboxylic acids is 1. The summed E-state index contributed by atoms with van der Waals surface area (Å²) in [7, 11) is 3.15. The largest absolute Gasteiger partial charge is 0.493 e. The maximum absolute atomic E-state index is 12.1. The van der Waals surface area contributed by atoms with Gasteiger partial charge in [-0.3, -0.25) is 9.89 Å². The predicted octanol–water partition coefficient (Wildman–Crippen LogP) is 2.17. The minimum absolute atomic E-state index is 0.110. The Morgan fingerprint density at radius 1 is 1.29 bits per heavy atom. The van der Waals surface area contributed by atoms with E-state index in [1.807, 2.05) is 13.0 Å². The summed E-state index contributed by atoms with van der Waals surface area (Å²) in [6.07, 6.45) is 2.77. The monoisotopic (exact) mass is 289 g/mol. The molecule has 6 heteroatoms. The number of H-pyrrole nitrogens is 1. The fourth-order valence-electron chi connectivity index (χ4n) is 2.05. The number of ether oxygens (including phenoxy) is 2. The van der Waals surface area contributed by atoms with E-state index >= 15 is 0 Å². The van der Waals surface area contributed by atoms with Crippen LogP contribution in [-0.4, -0.2) is 30.3 Å². The van der Waals surface area contributed by atoms with Crippen molar-refractivity contribution in [1.29, 1.82) is 0 Å². The molecule has 2 aromatic rings. The SMILES string of the molecule is CCc1cn[nH]c1NC(=O)Cc1ccc(OC)c(OC)c1. The first kappa shape index (κ1) is 14.9. The molecule has 0 atom stereocenters. The van der Waals surface area contributed by atoms with Crippen molar-refractivity contribution in [3.8, 4) is 11.5 Å². The molecule has 0 spiro atoms. The quantitative estimate of drug-likeness (QED) is 0.854. The Morgan fingerprint density at radius 3 is 2.71 bits per heavy atom. The van der Waals surface area contributed by atoms with Crippen molar-refractivity contribution in [2.75, 3.05) is 19.5 Å². The van der Waals surface area contributed by atoms with Crippen LogP contribution in [0, 0.1) is 0 Å². The first-order valence-electron chi connectivity index (χ1n) is 6.71. The Bertz CT molecular complexity index is 622. The minimum Gasteiger partial charge on any atom is -0.493 e. The summed E-state index contributed by atoms with van der Waals surface area (Å²) in [4.78, 5) is 12.1. The van der Waals surface area contributed by atoms with E-state index in [2.05, 4.69) is 15.5 Å². The number of aromatic nitrogens is 2. The summed E-state index contributed by atoms with van der Waals surface area (Å²) in [5, 5.41) is 9.54. The first-order chi connectivity index (χ1) is 10.2. The van der Waals surface area contributed by atoms with Gasteiger partial charge in [0.1, 0.15) is 5.82 Å². The van der Waals surface area contributed by atoms with Crippen LogP contribution in [0.4, 0.5) is 5.82 Å². The molecule has 2 N–H and O–H groups in total. The van der Waals surface area contributed by atoms with Gasteiger partial charge in [0.2, 0.25) is 5.91 Å². The molecule has 6 nitrogen and oxygen atoms in total. The summed E-state index contributed by atoms with van der Waals surface area (Å²) >= 11 is 0. The van der Waals surface area contributed by atoms with Crippen LogP contribution in [0.2, 0.25) is 0 Å². The molecule has 0 bridgehead atoms. The van der Waals surface area contributed by atoms with Gasteiger partial charge in [0.05, 0.1) is 26.8 Å². The summed E-state index contributed by atoms with van der Waals surface area (Å²) in [5.41, 5.74) is 1.83. The highest BCUT2D eigenvalue weighted by molar-refractivity contribution is 5.92. The second-order valence-electron chi connectivity index (χ2n) is 4.54. The maximum atomic E-state index is 12.1. The number of methoxy groups -OCH3 is 2. The molecule has 112 valence electrons. The highest BCUT2D eigenvalue weighted by atomic mass is 16.5. The van der Waals surface area contributed by atoms with Crippen molar-refractivity contribution in [3.63, 3.8) is 0 Å². The topological polar surface area (TPSA) is 76.2 Å². The van der Waals surface area contributed by atoms with Crippen molar-refractivity contribution in [2.45, 2.75) is 19.8 Å². The van der Waals surface area contributed by atoms with Gasteiger partial charge in [-0.2, -0.15) is 5.10 Å². The van der Waals surface area contributed by atoms with Gasteiger partial charge in [-0.05, 0) is 24.1 Å². The van der Waals surface area contributed by atoms with Gasteiger partial charge < -0.3 is 14.8 Å². The smallest absolute Gasteiger partial charge is 0.229 e. The summed E-state index contributed by atoms with van der Waals surface area (Å²) < 4.78 is 10.4. The molecule has 0 aliphatic rings. The third-order valence-electron chi connectivity index (χ3n) is 3.18. The van der Waals surface area contributed by atoms with Gasteiger partial charge in [-0.1, -0.05) is 13.0 Å². The normalized spacial score (nSPS) is 10.2. The number of hydrogen-bond donors (Lipinski definition) is 2. The van der Waals surface area contributed by atoms with Crippen LogP contribution in [0.3, 0.4) is 0 Å². The lowest BCUT2D eigenvalue weighted by molar-refractivity contribution is -0.115. The Labute approximate surface area is 123 Å². The molecule has 0 fully saturated rings. The molecular formula is C15H19N3O3. The summed E-state index contributed by atoms with van der Waals surface area (Å²) in [6.45, 7) is 2.01. The summed E-state index contributed by atoms with van der Waals surface area (Å²) in [5.74, 6) is 1.80. The zero-order valence-electron chi connectivity index (χ0n) is 12.4. The van der Waals surface area contributed by atoms with E-state index in [4.69, 9.17) is 9.47 Å². The standard InChI is InChI=1S/C15H19N3O3/c1-4-11-9-16-18-15(11)17-14(19)8-10-5-6-12(20-2)13(7-10)21-3/h5-7,9H,4,8H2,1-3H3,(H2,16,17,18,19). The number of aryl methyl sites for hydroxylation is 1. The molecular weight excluding hydrogens is 270 g/mol. The van der Waals surface area contributed by atoms with Crippen LogP contribution in [0.25, 0.3) is 0 Å². The molecule has 0 radical (unpaired) electrons. The number of benzene rings is 1. The van der Waals surface area contributed by atoms with Gasteiger partial charge >= 0.3 is 0 Å². The molecule has 21 heavy (non-hydrogen) atoms. The Kier molecular flexibility index (Phi) is 4.81. The van der Waals surface area contributed by atoms with Gasteiger partial charge in [0.15, 0.2) is 11.5 Å². The minimum atomic E-state index is -0.110. The van der Waals surface area contributed by atoms with E-state index in [0.29, 0.717) is 17.3 Å². The number of rotatable bonds is 6. The Balaban J connectivity index is 2.06. The van der Waals surface area contributed by atoms with Crippen molar-refractivity contribution in [2.24, 2.45) is 0 Å². The van der Waals surface area contributed by atoms with Crippen molar-refractivity contribution >= 4 is 11.7 Å². The van der Waals surface area contributed by atoms with Crippen LogP contribution >= 0.6 is 0 Å². The van der Waals surface area contributed by atoms with Crippen LogP contribution in [0.1, 0.15) is 18.1 Å². The number of carbonyl (C=O) groups is 1. The lowest BCUT2D eigenvalue weighted by Crippen LogP contribution is -2.15. The number of amides is 1. The van der Waals surface area contributed by atoms with E-state index in [0.717, 1.165) is 17.5 Å². The van der Waals surface area contributed by atoms with Crippen molar-refractivity contribution in [1.82, 2.24) is 10.2 Å². The van der Waals surface area contributed by atoms with Gasteiger partial charge in [0.25, 0.3) is 0 Å². The molecule has 0 aliphatic heterocycles. The second kappa shape index (κ2) is 6.78. The van der Waals surface area contributed by atoms with Crippen LogP contribution < -0.4 is 14.8 Å². The average molecular weight is 289 g/mol. The summed E-state index contributed by atoms with van der Waals surface area (Å²) in [6, 6.07) is 5.43. The fraction of sp³-hybridized carbons (Fsp3) is 0.333. The number of nitrogens with one attached hydrogen (secondary N) is 2. The number of nitrogens with zero attached hydrogens (tertiary/aromatic N) is 1. The molecule has 2 rings (SSSR count). The third kappa shape index (κ3) is 3.53. The van der Waals surface area contributed by atoms with Crippen LogP contribution in [-0.2, 0) is 17.6 Å². The number of hydrogen-bond acceptors (Lipinski definition) is 4. The van der Waals surface area contributed by atoms with E-state index in [1.165, 1.54) is 0 Å². The van der Waals surface area contributed by atoms with Crippen LogP contribution in [0.15, 0.2) is 24.4 Å². The zero-order chi connectivity index (χ0) is 15.2. The lowest BCUT2D eigenvalue weighted by Gasteiger charge is -2.09. The fourth-order valence-corrected chi connectivity index (χ4v) is 2.05. The Hall–Kier alpha value is -2.50. The maximum Gasteiger partial charge on any atom is 0.229 e. The average Bonchev–Trinajstić information content (AvgIpc) is 2.94. The van der Waals surface area contributed by atoms with Gasteiger partial charge in [0, 0.05) is 5.56 Å². The number of aromatic amines is 1. The number of anilines is 1. The van der Waals surface area contributed by atoms with E-state index in [-0.39, 0.29) is 12.3 Å². The van der Waals surface area contributed by atoms with Crippen molar-refractivity contribution in [3.05, 3.63) is 35.5 Å². The van der Waals surface area contributed by atoms with Crippen LogP contribution in [0.5, 0.6) is 11.5 Å². The highest BCUT2D eigenvalue weighted by Gasteiger charge is 2.11. The predicted molar refractivity (Wildman–Crippen MR) is 79.8 cm³/mol. The molecule has 0 saturated heterocycles. The van der Waals surface area contributed by atoms with Gasteiger partial charge in [-0.15, -0.1) is 0 Å². The van der Waals surface area contributed by atoms with Gasteiger partial charge in [-0.25, -0.2) is 0 Å². The lowest BCUT2D eigenvalue weighted by atomic mass is 10.1. The molecule has 0 saturated carbocycles. The molecule has 1 aromatic heterocycles. The highest BCUT2D eigenvalue weighted by Crippen LogP contribution is 2.27. The van der Waals surface area contributed by atoms with E-state index in [9.17, 15) is 4.79 Å². The third-order valence-corrected chi connectivity index (χ3v) is 3.18. The first-order valence-corrected chi connectivity index (χ1v) is 6.71. The molecule has 1 amide bonds. The zero-order valence-corrected chi connectivity index (χ0v) is 12.4. The molecule has 1 aromatic carbocycles. The van der Waals surface area contributed by atoms with E-state index < -0.39 is 0 Å².